The Bertz CT molecular complexity index is 936. The summed E-state index contributed by atoms with van der Waals surface area (Å²) in [7, 11) is 0. The molecule has 0 unspecified atom stereocenters. The summed E-state index contributed by atoms with van der Waals surface area (Å²) < 4.78 is 21.3. The summed E-state index contributed by atoms with van der Waals surface area (Å²) in [5, 5.41) is 0. The zero-order chi connectivity index (χ0) is 20.2. The molecule has 0 aliphatic carbocycles. The molecule has 2 N–H and O–H groups in total. The summed E-state index contributed by atoms with van der Waals surface area (Å²) >= 11 is 0. The summed E-state index contributed by atoms with van der Waals surface area (Å²) in [6.07, 6.45) is 1.23. The van der Waals surface area contributed by atoms with Crippen LogP contribution in [-0.4, -0.2) is 55.3 Å². The van der Waals surface area contributed by atoms with Gasteiger partial charge in [-0.25, -0.2) is 0 Å². The Kier molecular flexibility index (Phi) is 5.68. The van der Waals surface area contributed by atoms with Crippen molar-refractivity contribution < 1.29 is 23.4 Å². The zero-order valence-corrected chi connectivity index (χ0v) is 16.0. The highest BCUT2D eigenvalue weighted by atomic mass is 16.7. The SMILES string of the molecule is NC(=O)COc1coc(CN2CCN(Cc3ccc4c(c3)OCO4)CC2)cc1=O. The van der Waals surface area contributed by atoms with E-state index in [-0.39, 0.29) is 24.6 Å². The predicted molar refractivity (Wildman–Crippen MR) is 103 cm³/mol. The average Bonchev–Trinajstić information content (AvgIpc) is 3.17. The fraction of sp³-hybridized carbons (Fsp3) is 0.400. The summed E-state index contributed by atoms with van der Waals surface area (Å²) in [5.74, 6) is 1.50. The molecule has 1 aromatic heterocycles. The number of carbonyl (C=O) groups excluding carboxylic acids is 1. The van der Waals surface area contributed by atoms with E-state index in [9.17, 15) is 9.59 Å². The Morgan fingerprint density at radius 1 is 1.03 bits per heavy atom. The lowest BCUT2D eigenvalue weighted by Gasteiger charge is -2.34. The smallest absolute Gasteiger partial charge is 0.255 e. The summed E-state index contributed by atoms with van der Waals surface area (Å²) in [5.41, 5.74) is 5.88. The zero-order valence-electron chi connectivity index (χ0n) is 16.0. The van der Waals surface area contributed by atoms with Crippen LogP contribution in [0.15, 0.2) is 39.7 Å². The van der Waals surface area contributed by atoms with Gasteiger partial charge < -0.3 is 24.4 Å². The Hall–Kier alpha value is -3.04. The van der Waals surface area contributed by atoms with Gasteiger partial charge in [0.25, 0.3) is 5.91 Å². The highest BCUT2D eigenvalue weighted by molar-refractivity contribution is 5.75. The van der Waals surface area contributed by atoms with Gasteiger partial charge in [0.15, 0.2) is 18.1 Å². The number of nitrogens with two attached hydrogens (primary N) is 1. The first-order valence-corrected chi connectivity index (χ1v) is 9.43. The fourth-order valence-corrected chi connectivity index (χ4v) is 3.40. The van der Waals surface area contributed by atoms with Crippen LogP contribution in [0.4, 0.5) is 0 Å². The van der Waals surface area contributed by atoms with Crippen molar-refractivity contribution in [1.82, 2.24) is 9.80 Å². The molecule has 2 aliphatic rings. The van der Waals surface area contributed by atoms with Gasteiger partial charge in [0, 0.05) is 38.8 Å². The van der Waals surface area contributed by atoms with Crippen molar-refractivity contribution in [2.45, 2.75) is 13.1 Å². The van der Waals surface area contributed by atoms with Gasteiger partial charge >= 0.3 is 0 Å². The van der Waals surface area contributed by atoms with E-state index >= 15 is 0 Å². The maximum absolute atomic E-state index is 12.0. The summed E-state index contributed by atoms with van der Waals surface area (Å²) in [6.45, 7) is 4.90. The maximum atomic E-state index is 12.0. The number of fused-ring (bicyclic) bond motifs is 1. The highest BCUT2D eigenvalue weighted by Gasteiger charge is 2.20. The van der Waals surface area contributed by atoms with Crippen LogP contribution in [-0.2, 0) is 17.9 Å². The van der Waals surface area contributed by atoms with Gasteiger partial charge in [-0.2, -0.15) is 0 Å². The van der Waals surface area contributed by atoms with E-state index in [2.05, 4.69) is 15.9 Å². The Balaban J connectivity index is 1.27. The minimum Gasteiger partial charge on any atom is -0.477 e. The van der Waals surface area contributed by atoms with E-state index in [0.717, 1.165) is 44.2 Å². The van der Waals surface area contributed by atoms with Crippen molar-refractivity contribution in [3.8, 4) is 17.2 Å². The lowest BCUT2D eigenvalue weighted by atomic mass is 10.1. The fourth-order valence-electron chi connectivity index (χ4n) is 3.40. The number of hydrogen-bond donors (Lipinski definition) is 1. The molecule has 9 nitrogen and oxygen atoms in total. The number of amides is 1. The van der Waals surface area contributed by atoms with E-state index in [4.69, 9.17) is 24.4 Å². The van der Waals surface area contributed by atoms with Crippen LogP contribution < -0.4 is 25.4 Å². The molecule has 0 radical (unpaired) electrons. The molecule has 0 atom stereocenters. The summed E-state index contributed by atoms with van der Waals surface area (Å²) in [6, 6.07) is 7.45. The molecule has 0 spiro atoms. The van der Waals surface area contributed by atoms with Crippen molar-refractivity contribution in [3.63, 3.8) is 0 Å². The largest absolute Gasteiger partial charge is 0.477 e. The Morgan fingerprint density at radius 3 is 2.48 bits per heavy atom. The van der Waals surface area contributed by atoms with Crippen molar-refractivity contribution >= 4 is 5.91 Å². The van der Waals surface area contributed by atoms with Crippen LogP contribution in [0.2, 0.25) is 0 Å². The third kappa shape index (κ3) is 4.87. The van der Waals surface area contributed by atoms with E-state index in [1.54, 1.807) is 0 Å². The predicted octanol–water partition coefficient (Wildman–Crippen LogP) is 0.550. The number of nitrogens with zero attached hydrogens (tertiary/aromatic N) is 2. The highest BCUT2D eigenvalue weighted by Crippen LogP contribution is 2.32. The van der Waals surface area contributed by atoms with E-state index in [1.165, 1.54) is 17.9 Å². The second-order valence-electron chi connectivity index (χ2n) is 7.07. The van der Waals surface area contributed by atoms with Gasteiger partial charge in [0.1, 0.15) is 12.0 Å². The number of hydrogen-bond acceptors (Lipinski definition) is 8. The molecule has 154 valence electrons. The molecule has 2 aromatic rings. The van der Waals surface area contributed by atoms with Crippen LogP contribution in [0.5, 0.6) is 17.2 Å². The van der Waals surface area contributed by atoms with Gasteiger partial charge in [-0.1, -0.05) is 6.07 Å². The molecule has 29 heavy (non-hydrogen) atoms. The first-order valence-electron chi connectivity index (χ1n) is 9.43. The van der Waals surface area contributed by atoms with Crippen molar-refractivity contribution in [2.24, 2.45) is 5.73 Å². The van der Waals surface area contributed by atoms with Crippen molar-refractivity contribution in [3.05, 3.63) is 52.1 Å². The molecule has 1 amide bonds. The molecule has 3 heterocycles. The van der Waals surface area contributed by atoms with Gasteiger partial charge in [-0.05, 0) is 17.7 Å². The molecule has 1 saturated heterocycles. The van der Waals surface area contributed by atoms with Crippen LogP contribution in [0, 0.1) is 0 Å². The Labute approximate surface area is 167 Å². The quantitative estimate of drug-likeness (QED) is 0.717. The molecule has 0 saturated carbocycles. The van der Waals surface area contributed by atoms with Gasteiger partial charge in [-0.15, -0.1) is 0 Å². The number of benzene rings is 1. The molecule has 1 fully saturated rings. The lowest BCUT2D eigenvalue weighted by Crippen LogP contribution is -2.45. The normalized spacial score (nSPS) is 16.7. The lowest BCUT2D eigenvalue weighted by molar-refractivity contribution is -0.119. The molecule has 1 aromatic carbocycles. The van der Waals surface area contributed by atoms with E-state index < -0.39 is 5.91 Å². The van der Waals surface area contributed by atoms with Crippen LogP contribution >= 0.6 is 0 Å². The molecule has 2 aliphatic heterocycles. The number of ether oxygens (including phenoxy) is 3. The van der Waals surface area contributed by atoms with Gasteiger partial charge in [0.05, 0.1) is 6.54 Å². The van der Waals surface area contributed by atoms with Gasteiger partial charge in [-0.3, -0.25) is 19.4 Å². The minimum absolute atomic E-state index is 0.0129. The third-order valence-corrected chi connectivity index (χ3v) is 4.91. The first kappa shape index (κ1) is 19.3. The molecule has 9 heteroatoms. The molecular weight excluding hydrogens is 378 g/mol. The van der Waals surface area contributed by atoms with Crippen LogP contribution in [0.25, 0.3) is 0 Å². The monoisotopic (exact) mass is 401 g/mol. The van der Waals surface area contributed by atoms with Crippen molar-refractivity contribution in [1.29, 1.82) is 0 Å². The van der Waals surface area contributed by atoms with Crippen LogP contribution in [0.1, 0.15) is 11.3 Å². The van der Waals surface area contributed by atoms with E-state index in [1.807, 2.05) is 12.1 Å². The van der Waals surface area contributed by atoms with Crippen LogP contribution in [0.3, 0.4) is 0 Å². The summed E-state index contributed by atoms with van der Waals surface area (Å²) in [4.78, 5) is 27.4. The van der Waals surface area contributed by atoms with E-state index in [0.29, 0.717) is 12.3 Å². The van der Waals surface area contributed by atoms with Gasteiger partial charge in [0.2, 0.25) is 18.0 Å². The molecule has 4 rings (SSSR count). The number of piperazine rings is 1. The topological polar surface area (TPSA) is 107 Å². The second-order valence-corrected chi connectivity index (χ2v) is 7.07. The van der Waals surface area contributed by atoms with Crippen molar-refractivity contribution in [2.75, 3.05) is 39.6 Å². The second kappa shape index (κ2) is 8.54. The average molecular weight is 401 g/mol. The Morgan fingerprint density at radius 2 is 1.76 bits per heavy atom. The first-order chi connectivity index (χ1) is 14.1. The minimum atomic E-state index is -0.646. The number of carbonyl (C=O) groups is 1. The number of primary amides is 1. The number of rotatable bonds is 7. The molecular formula is C20H23N3O6. The maximum Gasteiger partial charge on any atom is 0.255 e. The standard InChI is InChI=1S/C20H23N3O6/c21-20(25)12-27-19-11-26-15(8-16(19)24)10-23-5-3-22(4-6-23)9-14-1-2-17-18(7-14)29-13-28-17/h1-2,7-8,11H,3-6,9-10,12-13H2,(H2,21,25). The third-order valence-electron chi connectivity index (χ3n) is 4.91. The molecule has 0 bridgehead atoms.